The Kier molecular flexibility index (Phi) is 12.4. The zero-order valence-electron chi connectivity index (χ0n) is 26.7. The molecule has 236 valence electrons. The first kappa shape index (κ1) is 34.2. The predicted molar refractivity (Wildman–Crippen MR) is 173 cm³/mol. The van der Waals surface area contributed by atoms with E-state index in [1.165, 1.54) is 11.0 Å². The Morgan fingerprint density at radius 3 is 1.95 bits per heavy atom. The fraction of sp³-hybridized carbons (Fsp3) is 0.417. The van der Waals surface area contributed by atoms with Crippen LogP contribution in [0.25, 0.3) is 0 Å². The first-order chi connectivity index (χ1) is 20.9. The zero-order valence-corrected chi connectivity index (χ0v) is 26.7. The highest BCUT2D eigenvalue weighted by Crippen LogP contribution is 2.33. The van der Waals surface area contributed by atoms with Crippen LogP contribution in [0.4, 0.5) is 4.79 Å². The molecule has 0 aliphatic rings. The number of nitrogens with zero attached hydrogens (tertiary/aromatic N) is 1. The minimum Gasteiger partial charge on any atom is -0.508 e. The Hall–Kier alpha value is -4.33. The molecule has 0 saturated heterocycles. The van der Waals surface area contributed by atoms with Gasteiger partial charge in [-0.25, -0.2) is 4.79 Å². The van der Waals surface area contributed by atoms with Gasteiger partial charge in [0, 0.05) is 24.6 Å². The number of amides is 3. The molecule has 0 bridgehead atoms. The standard InChI is InChI=1S/C36H47N3O5/c1-25(2)21-22-26(3)39(34(42)30(23-27-15-9-7-10-16-27)38-35(43)44-36(4,5)6)32(29-19-13-14-20-31(29)40)33(41)37-24-28-17-11-8-12-18-28/h7-20,25-26,30,32,40H,21-24H2,1-6H3,(H,37,41)(H,38,43). The van der Waals surface area contributed by atoms with Gasteiger partial charge in [-0.1, -0.05) is 92.7 Å². The van der Waals surface area contributed by atoms with E-state index in [0.717, 1.165) is 17.5 Å². The molecule has 3 N–H and O–H groups in total. The zero-order chi connectivity index (χ0) is 32.3. The van der Waals surface area contributed by atoms with Gasteiger partial charge >= 0.3 is 6.09 Å². The number of hydrogen-bond donors (Lipinski definition) is 3. The lowest BCUT2D eigenvalue weighted by Gasteiger charge is -2.39. The SMILES string of the molecule is CC(C)CCC(C)N(C(=O)C(Cc1ccccc1)NC(=O)OC(C)(C)C)C(C(=O)NCc1ccccc1)c1ccccc1O. The molecule has 0 saturated carbocycles. The number of para-hydroxylation sites is 1. The van der Waals surface area contributed by atoms with E-state index in [9.17, 15) is 19.5 Å². The molecule has 0 heterocycles. The molecule has 3 unspecified atom stereocenters. The molecule has 8 nitrogen and oxygen atoms in total. The van der Waals surface area contributed by atoms with Gasteiger partial charge in [-0.05, 0) is 63.6 Å². The van der Waals surface area contributed by atoms with E-state index in [2.05, 4.69) is 24.5 Å². The summed E-state index contributed by atoms with van der Waals surface area (Å²) in [4.78, 5) is 43.4. The Morgan fingerprint density at radius 2 is 1.39 bits per heavy atom. The minimum absolute atomic E-state index is 0.0964. The second kappa shape index (κ2) is 15.9. The Morgan fingerprint density at radius 1 is 0.818 bits per heavy atom. The highest BCUT2D eigenvalue weighted by atomic mass is 16.6. The van der Waals surface area contributed by atoms with Gasteiger partial charge in [0.05, 0.1) is 0 Å². The van der Waals surface area contributed by atoms with Gasteiger partial charge < -0.3 is 25.4 Å². The molecule has 0 aliphatic heterocycles. The number of hydrogen-bond acceptors (Lipinski definition) is 5. The molecule has 0 spiro atoms. The maximum absolute atomic E-state index is 14.7. The van der Waals surface area contributed by atoms with Crippen molar-refractivity contribution in [2.24, 2.45) is 5.92 Å². The van der Waals surface area contributed by atoms with Crippen molar-refractivity contribution in [1.29, 1.82) is 0 Å². The lowest BCUT2D eigenvalue weighted by molar-refractivity contribution is -0.145. The average molecular weight is 602 g/mol. The summed E-state index contributed by atoms with van der Waals surface area (Å²) in [5, 5.41) is 16.8. The van der Waals surface area contributed by atoms with E-state index in [-0.39, 0.29) is 18.7 Å². The first-order valence-corrected chi connectivity index (χ1v) is 15.3. The van der Waals surface area contributed by atoms with E-state index < -0.39 is 41.6 Å². The summed E-state index contributed by atoms with van der Waals surface area (Å²) in [5.74, 6) is -0.610. The second-order valence-electron chi connectivity index (χ2n) is 12.6. The van der Waals surface area contributed by atoms with Gasteiger partial charge in [0.2, 0.25) is 11.8 Å². The van der Waals surface area contributed by atoms with Crippen molar-refractivity contribution in [2.45, 2.75) is 91.1 Å². The van der Waals surface area contributed by atoms with E-state index >= 15 is 0 Å². The molecule has 3 atom stereocenters. The molecule has 0 fully saturated rings. The van der Waals surface area contributed by atoms with Gasteiger partial charge in [0.1, 0.15) is 23.4 Å². The summed E-state index contributed by atoms with van der Waals surface area (Å²) in [6.07, 6.45) is 0.886. The van der Waals surface area contributed by atoms with Crippen molar-refractivity contribution >= 4 is 17.9 Å². The summed E-state index contributed by atoms with van der Waals surface area (Å²) >= 11 is 0. The van der Waals surface area contributed by atoms with Gasteiger partial charge in [0.25, 0.3) is 0 Å². The Labute approximate surface area is 261 Å². The largest absolute Gasteiger partial charge is 0.508 e. The lowest BCUT2D eigenvalue weighted by Crippen LogP contribution is -2.56. The van der Waals surface area contributed by atoms with Crippen LogP contribution in [-0.2, 0) is 27.3 Å². The van der Waals surface area contributed by atoms with E-state index in [1.807, 2.05) is 67.6 Å². The third kappa shape index (κ3) is 10.4. The van der Waals surface area contributed by atoms with Gasteiger partial charge in [-0.15, -0.1) is 0 Å². The molecule has 3 rings (SSSR count). The minimum atomic E-state index is -1.16. The van der Waals surface area contributed by atoms with Crippen LogP contribution in [0.3, 0.4) is 0 Å². The van der Waals surface area contributed by atoms with Crippen LogP contribution >= 0.6 is 0 Å². The summed E-state index contributed by atoms with van der Waals surface area (Å²) in [5.41, 5.74) is 1.27. The van der Waals surface area contributed by atoms with Gasteiger partial charge in [-0.2, -0.15) is 0 Å². The van der Waals surface area contributed by atoms with Crippen molar-refractivity contribution in [3.63, 3.8) is 0 Å². The number of carbonyl (C=O) groups excluding carboxylic acids is 3. The van der Waals surface area contributed by atoms with E-state index in [0.29, 0.717) is 17.9 Å². The number of aromatic hydroxyl groups is 1. The van der Waals surface area contributed by atoms with Crippen LogP contribution in [0.5, 0.6) is 5.75 Å². The summed E-state index contributed by atoms with van der Waals surface area (Å²) < 4.78 is 5.53. The van der Waals surface area contributed by atoms with Crippen molar-refractivity contribution in [1.82, 2.24) is 15.5 Å². The summed E-state index contributed by atoms with van der Waals surface area (Å²) in [6, 6.07) is 22.9. The van der Waals surface area contributed by atoms with Crippen LogP contribution in [0, 0.1) is 5.92 Å². The van der Waals surface area contributed by atoms with E-state index in [1.54, 1.807) is 39.0 Å². The number of phenolic OH excluding ortho intramolecular Hbond substituents is 1. The Bertz CT molecular complexity index is 1350. The molecule has 0 aromatic heterocycles. The van der Waals surface area contributed by atoms with Crippen LogP contribution in [0.2, 0.25) is 0 Å². The highest BCUT2D eigenvalue weighted by molar-refractivity contribution is 5.93. The molecular weight excluding hydrogens is 554 g/mol. The highest BCUT2D eigenvalue weighted by Gasteiger charge is 2.40. The third-order valence-electron chi connectivity index (χ3n) is 7.23. The number of ether oxygens (including phenoxy) is 1. The monoisotopic (exact) mass is 601 g/mol. The summed E-state index contributed by atoms with van der Waals surface area (Å²) in [7, 11) is 0. The molecule has 0 aliphatic carbocycles. The third-order valence-corrected chi connectivity index (χ3v) is 7.23. The van der Waals surface area contributed by atoms with Crippen LogP contribution < -0.4 is 10.6 Å². The Balaban J connectivity index is 2.09. The normalized spacial score (nSPS) is 13.4. The van der Waals surface area contributed by atoms with Crippen LogP contribution in [0.15, 0.2) is 84.9 Å². The van der Waals surface area contributed by atoms with Gasteiger partial charge in [0.15, 0.2) is 0 Å². The number of alkyl carbamates (subject to hydrolysis) is 1. The first-order valence-electron chi connectivity index (χ1n) is 15.3. The lowest BCUT2D eigenvalue weighted by atomic mass is 9.95. The number of nitrogens with one attached hydrogen (secondary N) is 2. The maximum Gasteiger partial charge on any atom is 0.408 e. The van der Waals surface area contributed by atoms with Gasteiger partial charge in [-0.3, -0.25) is 9.59 Å². The number of benzene rings is 3. The van der Waals surface area contributed by atoms with Crippen molar-refractivity contribution in [2.75, 3.05) is 0 Å². The average Bonchev–Trinajstić information content (AvgIpc) is 2.97. The molecular formula is C36H47N3O5. The topological polar surface area (TPSA) is 108 Å². The molecule has 3 aromatic rings. The molecule has 8 heteroatoms. The number of rotatable bonds is 13. The molecule has 0 radical (unpaired) electrons. The van der Waals surface area contributed by atoms with Crippen molar-refractivity contribution < 1.29 is 24.2 Å². The fourth-order valence-electron chi connectivity index (χ4n) is 5.01. The summed E-state index contributed by atoms with van der Waals surface area (Å²) in [6.45, 7) is 11.6. The quantitative estimate of drug-likeness (QED) is 0.206. The maximum atomic E-state index is 14.7. The fourth-order valence-corrected chi connectivity index (χ4v) is 5.01. The van der Waals surface area contributed by atoms with E-state index in [4.69, 9.17) is 4.74 Å². The predicted octanol–water partition coefficient (Wildman–Crippen LogP) is 6.54. The van der Waals surface area contributed by atoms with Crippen LogP contribution in [-0.4, -0.2) is 45.6 Å². The molecule has 44 heavy (non-hydrogen) atoms. The molecule has 3 aromatic carbocycles. The number of phenols is 1. The smallest absolute Gasteiger partial charge is 0.408 e. The van der Waals surface area contributed by atoms with Crippen LogP contribution in [0.1, 0.15) is 77.1 Å². The number of carbonyl (C=O) groups is 3. The van der Waals surface area contributed by atoms with Crippen molar-refractivity contribution in [3.05, 3.63) is 102 Å². The second-order valence-corrected chi connectivity index (χ2v) is 12.6. The molecule has 3 amide bonds. The van der Waals surface area contributed by atoms with Crippen molar-refractivity contribution in [3.8, 4) is 5.75 Å².